The molecule has 2 aromatic heterocycles. The lowest BCUT2D eigenvalue weighted by Gasteiger charge is -2.09. The van der Waals surface area contributed by atoms with E-state index in [0.717, 1.165) is 24.3 Å². The summed E-state index contributed by atoms with van der Waals surface area (Å²) in [5.74, 6) is 0.430. The van der Waals surface area contributed by atoms with Gasteiger partial charge in [-0.2, -0.15) is 0 Å². The highest BCUT2D eigenvalue weighted by molar-refractivity contribution is 7.09. The summed E-state index contributed by atoms with van der Waals surface area (Å²) in [6.07, 6.45) is 0.899. The van der Waals surface area contributed by atoms with E-state index in [4.69, 9.17) is 11.6 Å². The number of benzene rings is 1. The van der Waals surface area contributed by atoms with E-state index in [1.54, 1.807) is 17.4 Å². The number of hydrogen-bond donors (Lipinski definition) is 0. The van der Waals surface area contributed by atoms with Gasteiger partial charge >= 0.3 is 0 Å². The summed E-state index contributed by atoms with van der Waals surface area (Å²) in [4.78, 5) is 5.67. The van der Waals surface area contributed by atoms with Crippen LogP contribution in [0.4, 0.5) is 4.39 Å². The topological polar surface area (TPSA) is 17.8 Å². The predicted molar refractivity (Wildman–Crippen MR) is 82.0 cm³/mol. The highest BCUT2D eigenvalue weighted by atomic mass is 35.5. The lowest BCUT2D eigenvalue weighted by atomic mass is 10.3. The summed E-state index contributed by atoms with van der Waals surface area (Å²) in [6, 6.07) is 9.18. The monoisotopic (exact) mass is 308 g/mol. The van der Waals surface area contributed by atoms with E-state index in [1.807, 2.05) is 23.6 Å². The number of imidazole rings is 1. The number of para-hydroxylation sites is 1. The number of thiophene rings is 1. The van der Waals surface area contributed by atoms with Gasteiger partial charge < -0.3 is 4.57 Å². The van der Waals surface area contributed by atoms with Crippen LogP contribution in [0, 0.1) is 5.82 Å². The fraction of sp³-hybridized carbons (Fsp3) is 0.267. The molecule has 0 bridgehead atoms. The second-order valence-corrected chi connectivity index (χ2v) is 6.36. The Morgan fingerprint density at radius 2 is 2.20 bits per heavy atom. The Kier molecular flexibility index (Phi) is 3.76. The summed E-state index contributed by atoms with van der Waals surface area (Å²) in [5.41, 5.74) is 1.21. The van der Waals surface area contributed by atoms with Crippen molar-refractivity contribution < 1.29 is 4.39 Å². The predicted octanol–water partition coefficient (Wildman–Crippen LogP) is 4.78. The zero-order valence-corrected chi connectivity index (χ0v) is 12.6. The van der Waals surface area contributed by atoms with Crippen molar-refractivity contribution in [2.45, 2.75) is 25.3 Å². The minimum atomic E-state index is -0.295. The average molecular weight is 309 g/mol. The van der Waals surface area contributed by atoms with Gasteiger partial charge in [-0.05, 0) is 36.9 Å². The Bertz CT molecular complexity index is 719. The maximum Gasteiger partial charge on any atom is 0.151 e. The van der Waals surface area contributed by atoms with Crippen LogP contribution < -0.4 is 0 Å². The minimum Gasteiger partial charge on any atom is -0.326 e. The standard InChI is InChI=1S/C15H14ClFN2S/c1-10(16)15-18-14-12(17)5-2-6-13(14)19(15)8-7-11-4-3-9-20-11/h2-6,9-10H,7-8H2,1H3. The number of fused-ring (bicyclic) bond motifs is 1. The molecular formula is C15H14ClFN2S. The molecule has 1 unspecified atom stereocenters. The van der Waals surface area contributed by atoms with E-state index in [2.05, 4.69) is 16.4 Å². The summed E-state index contributed by atoms with van der Waals surface area (Å²) in [6.45, 7) is 2.62. The van der Waals surface area contributed by atoms with Crippen LogP contribution >= 0.6 is 22.9 Å². The SMILES string of the molecule is CC(Cl)c1nc2c(F)cccc2n1CCc1cccs1. The molecule has 1 aromatic carbocycles. The molecular weight excluding hydrogens is 295 g/mol. The van der Waals surface area contributed by atoms with Crippen LogP contribution in [0.1, 0.15) is 23.0 Å². The van der Waals surface area contributed by atoms with Gasteiger partial charge in [0.05, 0.1) is 10.9 Å². The first-order valence-electron chi connectivity index (χ1n) is 6.48. The normalized spacial score (nSPS) is 12.9. The van der Waals surface area contributed by atoms with Gasteiger partial charge in [-0.25, -0.2) is 9.37 Å². The molecule has 0 aliphatic carbocycles. The molecule has 3 aromatic rings. The molecule has 0 fully saturated rings. The van der Waals surface area contributed by atoms with Gasteiger partial charge in [-0.1, -0.05) is 12.1 Å². The van der Waals surface area contributed by atoms with Crippen LogP contribution in [-0.4, -0.2) is 9.55 Å². The third kappa shape index (κ3) is 2.45. The molecule has 104 valence electrons. The van der Waals surface area contributed by atoms with E-state index < -0.39 is 0 Å². The average Bonchev–Trinajstić information content (AvgIpc) is 3.03. The van der Waals surface area contributed by atoms with Gasteiger partial charge in [0.25, 0.3) is 0 Å². The van der Waals surface area contributed by atoms with E-state index >= 15 is 0 Å². The Hall–Kier alpha value is -1.39. The van der Waals surface area contributed by atoms with Crippen molar-refractivity contribution in [2.24, 2.45) is 0 Å². The Labute approximate surface area is 125 Å². The van der Waals surface area contributed by atoms with Crippen molar-refractivity contribution in [3.05, 3.63) is 52.2 Å². The Morgan fingerprint density at radius 3 is 2.90 bits per heavy atom. The number of alkyl halides is 1. The van der Waals surface area contributed by atoms with Crippen molar-refractivity contribution in [3.8, 4) is 0 Å². The second-order valence-electron chi connectivity index (χ2n) is 4.67. The molecule has 0 aliphatic rings. The Morgan fingerprint density at radius 1 is 1.35 bits per heavy atom. The molecule has 20 heavy (non-hydrogen) atoms. The quantitative estimate of drug-likeness (QED) is 0.634. The molecule has 0 saturated carbocycles. The summed E-state index contributed by atoms with van der Waals surface area (Å²) >= 11 is 7.92. The van der Waals surface area contributed by atoms with Gasteiger partial charge in [-0.3, -0.25) is 0 Å². The van der Waals surface area contributed by atoms with Crippen LogP contribution in [0.2, 0.25) is 0 Å². The smallest absolute Gasteiger partial charge is 0.151 e. The highest BCUT2D eigenvalue weighted by Crippen LogP contribution is 2.26. The van der Waals surface area contributed by atoms with Gasteiger partial charge in [0.1, 0.15) is 11.3 Å². The van der Waals surface area contributed by atoms with Crippen LogP contribution in [0.15, 0.2) is 35.7 Å². The summed E-state index contributed by atoms with van der Waals surface area (Å²) < 4.78 is 15.9. The largest absolute Gasteiger partial charge is 0.326 e. The molecule has 0 aliphatic heterocycles. The lowest BCUT2D eigenvalue weighted by molar-refractivity contribution is 0.637. The van der Waals surface area contributed by atoms with Crippen molar-refractivity contribution >= 4 is 34.0 Å². The zero-order chi connectivity index (χ0) is 14.1. The number of aryl methyl sites for hydroxylation is 2. The molecule has 0 radical (unpaired) electrons. The first-order valence-corrected chi connectivity index (χ1v) is 7.79. The van der Waals surface area contributed by atoms with Gasteiger partial charge in [0.15, 0.2) is 5.82 Å². The maximum atomic E-state index is 13.8. The van der Waals surface area contributed by atoms with Crippen molar-refractivity contribution in [3.63, 3.8) is 0 Å². The fourth-order valence-electron chi connectivity index (χ4n) is 2.35. The van der Waals surface area contributed by atoms with E-state index in [-0.39, 0.29) is 11.2 Å². The molecule has 0 spiro atoms. The zero-order valence-electron chi connectivity index (χ0n) is 11.0. The van der Waals surface area contributed by atoms with Crippen LogP contribution in [0.5, 0.6) is 0 Å². The molecule has 0 amide bonds. The maximum absolute atomic E-state index is 13.8. The molecule has 3 rings (SSSR count). The molecule has 2 nitrogen and oxygen atoms in total. The van der Waals surface area contributed by atoms with E-state index in [1.165, 1.54) is 10.9 Å². The highest BCUT2D eigenvalue weighted by Gasteiger charge is 2.16. The van der Waals surface area contributed by atoms with Gasteiger partial charge in [-0.15, -0.1) is 22.9 Å². The van der Waals surface area contributed by atoms with Crippen molar-refractivity contribution in [2.75, 3.05) is 0 Å². The molecule has 0 saturated heterocycles. The van der Waals surface area contributed by atoms with Gasteiger partial charge in [0.2, 0.25) is 0 Å². The van der Waals surface area contributed by atoms with E-state index in [9.17, 15) is 4.39 Å². The first-order chi connectivity index (χ1) is 9.66. The minimum absolute atomic E-state index is 0.245. The van der Waals surface area contributed by atoms with Gasteiger partial charge in [0, 0.05) is 11.4 Å². The summed E-state index contributed by atoms with van der Waals surface area (Å²) in [5, 5.41) is 1.82. The first kappa shape index (κ1) is 13.6. The Balaban J connectivity index is 2.02. The van der Waals surface area contributed by atoms with E-state index in [0.29, 0.717) is 5.52 Å². The third-order valence-corrected chi connectivity index (χ3v) is 4.41. The summed E-state index contributed by atoms with van der Waals surface area (Å²) in [7, 11) is 0. The number of hydrogen-bond acceptors (Lipinski definition) is 2. The molecule has 1 atom stereocenters. The number of rotatable bonds is 4. The second kappa shape index (κ2) is 5.54. The van der Waals surface area contributed by atoms with Crippen LogP contribution in [0.3, 0.4) is 0 Å². The van der Waals surface area contributed by atoms with Crippen LogP contribution in [0.25, 0.3) is 11.0 Å². The lowest BCUT2D eigenvalue weighted by Crippen LogP contribution is -2.06. The number of halogens is 2. The molecule has 5 heteroatoms. The third-order valence-electron chi connectivity index (χ3n) is 3.28. The van der Waals surface area contributed by atoms with Crippen molar-refractivity contribution in [1.29, 1.82) is 0 Å². The van der Waals surface area contributed by atoms with Crippen LogP contribution in [-0.2, 0) is 13.0 Å². The molecule has 0 N–H and O–H groups in total. The fourth-order valence-corrected chi connectivity index (χ4v) is 3.21. The number of aromatic nitrogens is 2. The molecule has 2 heterocycles. The van der Waals surface area contributed by atoms with Crippen molar-refractivity contribution in [1.82, 2.24) is 9.55 Å². The number of nitrogens with zero attached hydrogens (tertiary/aromatic N) is 2.